The van der Waals surface area contributed by atoms with E-state index in [0.717, 1.165) is 44.1 Å². The highest BCUT2D eigenvalue weighted by molar-refractivity contribution is 5.77. The zero-order valence-corrected chi connectivity index (χ0v) is 12.3. The van der Waals surface area contributed by atoms with Crippen molar-refractivity contribution in [3.8, 4) is 0 Å². The Morgan fingerprint density at radius 2 is 2.24 bits per heavy atom. The summed E-state index contributed by atoms with van der Waals surface area (Å²) in [5, 5.41) is 2.93. The Balaban J connectivity index is 1.50. The number of carbonyl (C=O) groups is 1. The Labute approximate surface area is 124 Å². The van der Waals surface area contributed by atoms with Crippen molar-refractivity contribution in [2.75, 3.05) is 26.2 Å². The van der Waals surface area contributed by atoms with Gasteiger partial charge < -0.3 is 10.1 Å². The normalized spacial score (nSPS) is 22.6. The van der Waals surface area contributed by atoms with Crippen molar-refractivity contribution in [3.63, 3.8) is 0 Å². The molecular formula is C15H22N4O2. The first-order valence-electron chi connectivity index (χ1n) is 7.74. The van der Waals surface area contributed by atoms with Gasteiger partial charge in [0.15, 0.2) is 5.82 Å². The summed E-state index contributed by atoms with van der Waals surface area (Å²) in [6.07, 6.45) is 6.19. The molecular weight excluding hydrogens is 268 g/mol. The fraction of sp³-hybridized carbons (Fsp3) is 0.667. The molecule has 2 saturated heterocycles. The molecule has 0 aliphatic carbocycles. The minimum atomic E-state index is 0.0188. The lowest BCUT2D eigenvalue weighted by Gasteiger charge is -2.14. The van der Waals surface area contributed by atoms with E-state index in [9.17, 15) is 4.79 Å². The average Bonchev–Trinajstić information content (AvgIpc) is 3.19. The van der Waals surface area contributed by atoms with E-state index in [1.165, 1.54) is 12.8 Å². The van der Waals surface area contributed by atoms with E-state index in [1.54, 1.807) is 6.20 Å². The lowest BCUT2D eigenvalue weighted by molar-refractivity contribution is -0.122. The molecule has 0 saturated carbocycles. The number of nitrogens with one attached hydrogen (secondary N) is 1. The number of carbonyl (C=O) groups excluding carboxylic acids is 1. The zero-order valence-electron chi connectivity index (χ0n) is 12.3. The monoisotopic (exact) mass is 290 g/mol. The van der Waals surface area contributed by atoms with Crippen molar-refractivity contribution in [1.82, 2.24) is 20.2 Å². The molecule has 0 aromatic carbocycles. The molecule has 1 aromatic rings. The van der Waals surface area contributed by atoms with Crippen molar-refractivity contribution in [2.45, 2.75) is 38.3 Å². The number of rotatable bonds is 5. The predicted octanol–water partition coefficient (Wildman–Crippen LogP) is 1.04. The molecule has 2 aliphatic heterocycles. The van der Waals surface area contributed by atoms with Crippen LogP contribution in [0.5, 0.6) is 0 Å². The number of aromatic nitrogens is 2. The summed E-state index contributed by atoms with van der Waals surface area (Å²) in [6, 6.07) is 1.84. The fourth-order valence-corrected chi connectivity index (χ4v) is 2.84. The molecule has 1 aromatic heterocycles. The van der Waals surface area contributed by atoms with Crippen molar-refractivity contribution in [3.05, 3.63) is 23.8 Å². The Kier molecular flexibility index (Phi) is 4.77. The average molecular weight is 290 g/mol. The third-order valence-corrected chi connectivity index (χ3v) is 3.98. The van der Waals surface area contributed by atoms with Crippen molar-refractivity contribution in [1.29, 1.82) is 0 Å². The molecule has 21 heavy (non-hydrogen) atoms. The fourth-order valence-electron chi connectivity index (χ4n) is 2.84. The smallest absolute Gasteiger partial charge is 0.234 e. The minimum absolute atomic E-state index is 0.0188. The van der Waals surface area contributed by atoms with Gasteiger partial charge in [-0.15, -0.1) is 0 Å². The summed E-state index contributed by atoms with van der Waals surface area (Å²) >= 11 is 0. The van der Waals surface area contributed by atoms with Gasteiger partial charge in [-0.05, 0) is 44.8 Å². The number of hydrogen-bond acceptors (Lipinski definition) is 5. The third-order valence-electron chi connectivity index (χ3n) is 3.98. The SMILES string of the molecule is O=C(CN1CCCC1)NCc1ccnc(C2CCCO2)n1. The van der Waals surface area contributed by atoms with E-state index in [2.05, 4.69) is 20.2 Å². The summed E-state index contributed by atoms with van der Waals surface area (Å²) in [6.45, 7) is 3.79. The van der Waals surface area contributed by atoms with E-state index in [0.29, 0.717) is 13.1 Å². The van der Waals surface area contributed by atoms with Crippen molar-refractivity contribution < 1.29 is 9.53 Å². The van der Waals surface area contributed by atoms with Gasteiger partial charge in [0.2, 0.25) is 5.91 Å². The third kappa shape index (κ3) is 3.98. The Morgan fingerprint density at radius 3 is 3.00 bits per heavy atom. The van der Waals surface area contributed by atoms with Crippen LogP contribution in [0.25, 0.3) is 0 Å². The summed E-state index contributed by atoms with van der Waals surface area (Å²) in [5.74, 6) is 0.799. The van der Waals surface area contributed by atoms with Gasteiger partial charge in [-0.3, -0.25) is 9.69 Å². The Bertz CT molecular complexity index is 482. The number of hydrogen-bond donors (Lipinski definition) is 1. The molecule has 3 rings (SSSR count). The van der Waals surface area contributed by atoms with Crippen LogP contribution in [-0.2, 0) is 16.1 Å². The van der Waals surface area contributed by atoms with Gasteiger partial charge in [0.25, 0.3) is 0 Å². The van der Waals surface area contributed by atoms with E-state index in [-0.39, 0.29) is 12.0 Å². The molecule has 114 valence electrons. The molecule has 1 atom stereocenters. The first-order chi connectivity index (χ1) is 10.3. The van der Waals surface area contributed by atoms with Crippen LogP contribution < -0.4 is 5.32 Å². The number of ether oxygens (including phenoxy) is 1. The van der Waals surface area contributed by atoms with Crippen LogP contribution in [0.3, 0.4) is 0 Å². The largest absolute Gasteiger partial charge is 0.370 e. The van der Waals surface area contributed by atoms with Gasteiger partial charge in [0.05, 0.1) is 18.8 Å². The van der Waals surface area contributed by atoms with E-state index < -0.39 is 0 Å². The molecule has 1 unspecified atom stereocenters. The van der Waals surface area contributed by atoms with Crippen LogP contribution in [0.1, 0.15) is 43.3 Å². The van der Waals surface area contributed by atoms with E-state index >= 15 is 0 Å². The molecule has 6 heteroatoms. The van der Waals surface area contributed by atoms with Crippen LogP contribution in [0, 0.1) is 0 Å². The second-order valence-corrected chi connectivity index (χ2v) is 5.67. The topological polar surface area (TPSA) is 67.4 Å². The number of amides is 1. The molecule has 0 radical (unpaired) electrons. The maximum Gasteiger partial charge on any atom is 0.234 e. The Morgan fingerprint density at radius 1 is 1.38 bits per heavy atom. The molecule has 2 aliphatic rings. The number of nitrogens with zero attached hydrogens (tertiary/aromatic N) is 3. The van der Waals surface area contributed by atoms with Gasteiger partial charge in [-0.1, -0.05) is 0 Å². The molecule has 6 nitrogen and oxygen atoms in total. The summed E-state index contributed by atoms with van der Waals surface area (Å²) < 4.78 is 5.59. The minimum Gasteiger partial charge on any atom is -0.370 e. The van der Waals surface area contributed by atoms with Gasteiger partial charge in [-0.25, -0.2) is 9.97 Å². The van der Waals surface area contributed by atoms with Gasteiger partial charge in [0, 0.05) is 12.8 Å². The molecule has 0 spiro atoms. The first-order valence-corrected chi connectivity index (χ1v) is 7.74. The summed E-state index contributed by atoms with van der Waals surface area (Å²) in [5.41, 5.74) is 0.838. The van der Waals surface area contributed by atoms with Gasteiger partial charge >= 0.3 is 0 Å². The van der Waals surface area contributed by atoms with Gasteiger partial charge in [0.1, 0.15) is 6.10 Å². The van der Waals surface area contributed by atoms with Gasteiger partial charge in [-0.2, -0.15) is 0 Å². The van der Waals surface area contributed by atoms with Crippen LogP contribution in [0.2, 0.25) is 0 Å². The van der Waals surface area contributed by atoms with Crippen molar-refractivity contribution >= 4 is 5.91 Å². The van der Waals surface area contributed by atoms with Crippen LogP contribution in [0.15, 0.2) is 12.3 Å². The first kappa shape index (κ1) is 14.4. The lowest BCUT2D eigenvalue weighted by Crippen LogP contribution is -2.35. The highest BCUT2D eigenvalue weighted by Gasteiger charge is 2.20. The summed E-state index contributed by atoms with van der Waals surface area (Å²) in [4.78, 5) is 22.8. The zero-order chi connectivity index (χ0) is 14.5. The second-order valence-electron chi connectivity index (χ2n) is 5.67. The molecule has 0 bridgehead atoms. The highest BCUT2D eigenvalue weighted by Crippen LogP contribution is 2.25. The predicted molar refractivity (Wildman–Crippen MR) is 77.5 cm³/mol. The maximum atomic E-state index is 11.9. The van der Waals surface area contributed by atoms with Crippen molar-refractivity contribution in [2.24, 2.45) is 0 Å². The van der Waals surface area contributed by atoms with Crippen LogP contribution >= 0.6 is 0 Å². The summed E-state index contributed by atoms with van der Waals surface area (Å²) in [7, 11) is 0. The molecule has 3 heterocycles. The van der Waals surface area contributed by atoms with Crippen LogP contribution in [-0.4, -0.2) is 47.0 Å². The lowest BCUT2D eigenvalue weighted by atomic mass is 10.2. The standard InChI is InChI=1S/C15H22N4O2/c20-14(11-19-7-1-2-8-19)17-10-12-5-6-16-15(18-12)13-4-3-9-21-13/h5-6,13H,1-4,7-11H2,(H,17,20). The maximum absolute atomic E-state index is 11.9. The quantitative estimate of drug-likeness (QED) is 0.877. The van der Waals surface area contributed by atoms with Crippen LogP contribution in [0.4, 0.5) is 0 Å². The van der Waals surface area contributed by atoms with E-state index in [1.807, 2.05) is 6.07 Å². The second kappa shape index (κ2) is 6.95. The molecule has 2 fully saturated rings. The molecule has 1 N–H and O–H groups in total. The Hall–Kier alpha value is -1.53. The highest BCUT2D eigenvalue weighted by atomic mass is 16.5. The number of likely N-dealkylation sites (tertiary alicyclic amines) is 1. The molecule has 1 amide bonds. The van der Waals surface area contributed by atoms with E-state index in [4.69, 9.17) is 4.74 Å².